The average molecular weight is 460 g/mol. The summed E-state index contributed by atoms with van der Waals surface area (Å²) in [6, 6.07) is 4.83. The Labute approximate surface area is 183 Å². The highest BCUT2D eigenvalue weighted by Gasteiger charge is 2.34. The summed E-state index contributed by atoms with van der Waals surface area (Å²) in [5, 5.41) is 10.6. The SMILES string of the molecule is COc1ccc(NC(=O)c2cnc(C)c(-n3cc(-c4cncs4)nn3)c2)cc1C(F)(F)F. The lowest BCUT2D eigenvalue weighted by atomic mass is 10.1. The summed E-state index contributed by atoms with van der Waals surface area (Å²) in [4.78, 5) is 21.8. The van der Waals surface area contributed by atoms with Gasteiger partial charge in [-0.2, -0.15) is 13.2 Å². The summed E-state index contributed by atoms with van der Waals surface area (Å²) in [5.41, 5.74) is 2.51. The van der Waals surface area contributed by atoms with Gasteiger partial charge in [-0.25, -0.2) is 4.68 Å². The Bertz CT molecular complexity index is 1270. The lowest BCUT2D eigenvalue weighted by Crippen LogP contribution is -2.15. The van der Waals surface area contributed by atoms with Crippen molar-refractivity contribution in [1.82, 2.24) is 25.0 Å². The number of carbonyl (C=O) groups is 1. The summed E-state index contributed by atoms with van der Waals surface area (Å²) < 4.78 is 46.0. The van der Waals surface area contributed by atoms with Crippen molar-refractivity contribution in [2.24, 2.45) is 0 Å². The number of aryl methyl sites for hydroxylation is 1. The molecule has 4 rings (SSSR count). The Kier molecular flexibility index (Phi) is 5.61. The molecule has 164 valence electrons. The minimum Gasteiger partial charge on any atom is -0.496 e. The summed E-state index contributed by atoms with van der Waals surface area (Å²) >= 11 is 1.41. The van der Waals surface area contributed by atoms with Crippen LogP contribution in [0.25, 0.3) is 16.3 Å². The number of carbonyl (C=O) groups excluding carboxylic acids is 1. The largest absolute Gasteiger partial charge is 0.496 e. The number of ether oxygens (including phenoxy) is 1. The quantitative estimate of drug-likeness (QED) is 0.475. The molecule has 0 bridgehead atoms. The van der Waals surface area contributed by atoms with E-state index in [0.29, 0.717) is 17.1 Å². The highest BCUT2D eigenvalue weighted by molar-refractivity contribution is 7.13. The third-order valence-electron chi connectivity index (χ3n) is 4.51. The van der Waals surface area contributed by atoms with E-state index in [0.717, 1.165) is 24.1 Å². The molecule has 8 nitrogen and oxygen atoms in total. The molecular weight excluding hydrogens is 445 g/mol. The second kappa shape index (κ2) is 8.38. The van der Waals surface area contributed by atoms with Crippen LogP contribution in [0, 0.1) is 6.92 Å². The molecule has 0 spiro atoms. The van der Waals surface area contributed by atoms with Gasteiger partial charge < -0.3 is 10.1 Å². The minimum absolute atomic E-state index is 0.0292. The number of thiazole rings is 1. The number of benzene rings is 1. The number of rotatable bonds is 5. The van der Waals surface area contributed by atoms with Gasteiger partial charge in [0.15, 0.2) is 0 Å². The molecule has 0 aliphatic carbocycles. The van der Waals surface area contributed by atoms with E-state index in [1.807, 2.05) is 0 Å². The molecule has 0 aliphatic rings. The molecule has 1 N–H and O–H groups in total. The van der Waals surface area contributed by atoms with Crippen LogP contribution in [0.4, 0.5) is 18.9 Å². The van der Waals surface area contributed by atoms with Crippen LogP contribution >= 0.6 is 11.3 Å². The van der Waals surface area contributed by atoms with Crippen molar-refractivity contribution in [3.05, 3.63) is 65.2 Å². The Balaban J connectivity index is 1.61. The maximum Gasteiger partial charge on any atom is 0.420 e. The number of halogens is 3. The molecule has 3 aromatic heterocycles. The van der Waals surface area contributed by atoms with Crippen LogP contribution in [-0.4, -0.2) is 38.0 Å². The molecule has 4 aromatic rings. The molecule has 0 saturated heterocycles. The molecule has 12 heteroatoms. The fourth-order valence-corrected chi connectivity index (χ4v) is 3.50. The standard InChI is InChI=1S/C20H15F3N6O2S/c1-11-16(29-9-15(27-28-29)18-8-24-10-32-18)5-12(7-25-11)19(30)26-13-3-4-17(31-2)14(6-13)20(21,22)23/h3-10H,1-2H3,(H,26,30). The molecule has 0 fully saturated rings. The van der Waals surface area contributed by atoms with Crippen LogP contribution in [0.15, 0.2) is 48.4 Å². The molecule has 0 radical (unpaired) electrons. The Hall–Kier alpha value is -3.80. The molecule has 32 heavy (non-hydrogen) atoms. The van der Waals surface area contributed by atoms with Gasteiger partial charge in [0.2, 0.25) is 0 Å². The highest BCUT2D eigenvalue weighted by atomic mass is 32.1. The van der Waals surface area contributed by atoms with E-state index in [1.54, 1.807) is 24.8 Å². The van der Waals surface area contributed by atoms with Crippen LogP contribution < -0.4 is 10.1 Å². The smallest absolute Gasteiger partial charge is 0.420 e. The van der Waals surface area contributed by atoms with E-state index in [4.69, 9.17) is 4.74 Å². The van der Waals surface area contributed by atoms with Crippen LogP contribution in [0.1, 0.15) is 21.6 Å². The third kappa shape index (κ3) is 4.30. The van der Waals surface area contributed by atoms with Crippen molar-refractivity contribution in [1.29, 1.82) is 0 Å². The van der Waals surface area contributed by atoms with Gasteiger partial charge in [-0.15, -0.1) is 16.4 Å². The molecule has 3 heterocycles. The number of hydrogen-bond acceptors (Lipinski definition) is 7. The zero-order chi connectivity index (χ0) is 22.9. The van der Waals surface area contributed by atoms with Gasteiger partial charge in [0.25, 0.3) is 5.91 Å². The molecule has 0 saturated carbocycles. The summed E-state index contributed by atoms with van der Waals surface area (Å²) in [6.45, 7) is 1.74. The van der Waals surface area contributed by atoms with Crippen molar-refractivity contribution >= 4 is 22.9 Å². The first-order chi connectivity index (χ1) is 15.3. The maximum absolute atomic E-state index is 13.2. The fourth-order valence-electron chi connectivity index (χ4n) is 2.92. The molecule has 0 aliphatic heterocycles. The number of nitrogens with one attached hydrogen (secondary N) is 1. The summed E-state index contributed by atoms with van der Waals surface area (Å²) in [7, 11) is 1.15. The first-order valence-electron chi connectivity index (χ1n) is 9.11. The van der Waals surface area contributed by atoms with E-state index >= 15 is 0 Å². The maximum atomic E-state index is 13.2. The van der Waals surface area contributed by atoms with Gasteiger partial charge in [0.05, 0.1) is 46.2 Å². The van der Waals surface area contributed by atoms with E-state index < -0.39 is 17.6 Å². The van der Waals surface area contributed by atoms with Crippen molar-refractivity contribution < 1.29 is 22.7 Å². The van der Waals surface area contributed by atoms with E-state index in [2.05, 4.69) is 25.6 Å². The first kappa shape index (κ1) is 21.4. The van der Waals surface area contributed by atoms with Crippen molar-refractivity contribution in [3.8, 4) is 22.0 Å². The minimum atomic E-state index is -4.63. The molecule has 0 unspecified atom stereocenters. The van der Waals surface area contributed by atoms with Crippen molar-refractivity contribution in [2.75, 3.05) is 12.4 Å². The number of methoxy groups -OCH3 is 1. The molecule has 1 amide bonds. The zero-order valence-corrected chi connectivity index (χ0v) is 17.5. The summed E-state index contributed by atoms with van der Waals surface area (Å²) in [5.74, 6) is -0.961. The number of hydrogen-bond donors (Lipinski definition) is 1. The third-order valence-corrected chi connectivity index (χ3v) is 5.31. The zero-order valence-electron chi connectivity index (χ0n) is 16.7. The monoisotopic (exact) mass is 460 g/mol. The highest BCUT2D eigenvalue weighted by Crippen LogP contribution is 2.37. The predicted molar refractivity (Wildman–Crippen MR) is 111 cm³/mol. The predicted octanol–water partition coefficient (Wildman–Crippen LogP) is 4.37. The van der Waals surface area contributed by atoms with Gasteiger partial charge >= 0.3 is 6.18 Å². The Morgan fingerprint density at radius 3 is 2.72 bits per heavy atom. The average Bonchev–Trinajstić information content (AvgIpc) is 3.45. The lowest BCUT2D eigenvalue weighted by molar-refractivity contribution is -0.138. The molecule has 0 atom stereocenters. The summed E-state index contributed by atoms with van der Waals surface area (Å²) in [6.07, 6.45) is 0.0489. The second-order valence-electron chi connectivity index (χ2n) is 6.61. The number of pyridine rings is 1. The van der Waals surface area contributed by atoms with Gasteiger partial charge in [-0.05, 0) is 31.2 Å². The number of nitrogens with zero attached hydrogens (tertiary/aromatic N) is 5. The van der Waals surface area contributed by atoms with E-state index in [1.165, 1.54) is 34.3 Å². The number of amides is 1. The van der Waals surface area contributed by atoms with E-state index in [9.17, 15) is 18.0 Å². The number of aromatic nitrogens is 5. The normalized spacial score (nSPS) is 11.4. The number of anilines is 1. The topological polar surface area (TPSA) is 94.8 Å². The Morgan fingerprint density at radius 2 is 2.03 bits per heavy atom. The molecular formula is C20H15F3N6O2S. The molecule has 1 aromatic carbocycles. The number of alkyl halides is 3. The van der Waals surface area contributed by atoms with Crippen LogP contribution in [0.2, 0.25) is 0 Å². The Morgan fingerprint density at radius 1 is 1.22 bits per heavy atom. The van der Waals surface area contributed by atoms with Gasteiger partial charge in [-0.3, -0.25) is 14.8 Å². The van der Waals surface area contributed by atoms with Gasteiger partial charge in [0.1, 0.15) is 11.4 Å². The van der Waals surface area contributed by atoms with E-state index in [-0.39, 0.29) is 17.0 Å². The van der Waals surface area contributed by atoms with Crippen LogP contribution in [0.3, 0.4) is 0 Å². The van der Waals surface area contributed by atoms with Crippen LogP contribution in [0.5, 0.6) is 5.75 Å². The van der Waals surface area contributed by atoms with Gasteiger partial charge in [0, 0.05) is 18.1 Å². The van der Waals surface area contributed by atoms with Crippen LogP contribution in [-0.2, 0) is 6.18 Å². The van der Waals surface area contributed by atoms with Crippen molar-refractivity contribution in [3.63, 3.8) is 0 Å². The lowest BCUT2D eigenvalue weighted by Gasteiger charge is -2.14. The van der Waals surface area contributed by atoms with Gasteiger partial charge in [-0.1, -0.05) is 5.21 Å². The fraction of sp³-hybridized carbons (Fsp3) is 0.150. The van der Waals surface area contributed by atoms with Crippen molar-refractivity contribution in [2.45, 2.75) is 13.1 Å². The second-order valence-corrected chi connectivity index (χ2v) is 7.50. The first-order valence-corrected chi connectivity index (χ1v) is 9.99.